The molecule has 0 N–H and O–H groups in total. The Morgan fingerprint density at radius 3 is 1.57 bits per heavy atom. The van der Waals surface area contributed by atoms with Gasteiger partial charge in [-0.2, -0.15) is 0 Å². The molecule has 0 spiro atoms. The van der Waals surface area contributed by atoms with Gasteiger partial charge in [-0.15, -0.1) is 0 Å². The van der Waals surface area contributed by atoms with Crippen LogP contribution in [0, 0.1) is 6.92 Å². The molecule has 8 rings (SSSR count). The maximum Gasteiger partial charge on any atom is 0.262 e. The molecule has 0 saturated carbocycles. The third-order valence-electron chi connectivity index (χ3n) is 11.4. The standard InChI is InChI=1S/C48H42N2O3/c1-33-24-26-34(27-25-33)47(4)32-46(2,3)50(43(51)31-49-44(52)39-22-14-15-23-40(39)45(49)53)42-29-28-38(30-41(42)47)48(35-16-8-5-9-17-35,36-18-10-6-11-19-36)37-20-12-7-13-21-37/h5-30H,31-32H2,1-4H3. The smallest absolute Gasteiger partial charge is 0.262 e. The molecule has 0 aromatic heterocycles. The summed E-state index contributed by atoms with van der Waals surface area (Å²) in [7, 11) is 0. The summed E-state index contributed by atoms with van der Waals surface area (Å²) < 4.78 is 0. The number of nitrogens with zero attached hydrogens (tertiary/aromatic N) is 2. The van der Waals surface area contributed by atoms with Crippen molar-refractivity contribution in [2.45, 2.75) is 50.5 Å². The number of imide groups is 1. The fourth-order valence-corrected chi connectivity index (χ4v) is 9.08. The zero-order chi connectivity index (χ0) is 37.0. The molecule has 3 amide bonds. The number of carbonyl (C=O) groups excluding carboxylic acids is 3. The first-order valence-corrected chi connectivity index (χ1v) is 18.2. The molecule has 0 fully saturated rings. The van der Waals surface area contributed by atoms with Crippen LogP contribution < -0.4 is 4.90 Å². The van der Waals surface area contributed by atoms with E-state index in [4.69, 9.17) is 0 Å². The Labute approximate surface area is 311 Å². The highest BCUT2D eigenvalue weighted by molar-refractivity contribution is 6.23. The Hall–Kier alpha value is -6.07. The second-order valence-electron chi connectivity index (χ2n) is 15.2. The summed E-state index contributed by atoms with van der Waals surface area (Å²) in [6, 6.07) is 53.9. The van der Waals surface area contributed by atoms with Crippen molar-refractivity contribution in [3.05, 3.63) is 208 Å². The van der Waals surface area contributed by atoms with Crippen LogP contribution in [0.15, 0.2) is 158 Å². The normalized spacial score (nSPS) is 17.7. The molecule has 0 bridgehead atoms. The van der Waals surface area contributed by atoms with Crippen molar-refractivity contribution >= 4 is 23.4 Å². The molecule has 262 valence electrons. The zero-order valence-electron chi connectivity index (χ0n) is 30.5. The number of anilines is 1. The fourth-order valence-electron chi connectivity index (χ4n) is 9.08. The topological polar surface area (TPSA) is 57.7 Å². The van der Waals surface area contributed by atoms with Crippen LogP contribution >= 0.6 is 0 Å². The van der Waals surface area contributed by atoms with E-state index in [2.05, 4.69) is 143 Å². The molecule has 1 unspecified atom stereocenters. The largest absolute Gasteiger partial charge is 0.305 e. The van der Waals surface area contributed by atoms with Crippen molar-refractivity contribution in [1.82, 2.24) is 4.90 Å². The first-order valence-electron chi connectivity index (χ1n) is 18.2. The number of aryl methyl sites for hydroxylation is 1. The van der Waals surface area contributed by atoms with Crippen molar-refractivity contribution in [3.63, 3.8) is 0 Å². The molecule has 0 saturated heterocycles. The van der Waals surface area contributed by atoms with Gasteiger partial charge in [0.25, 0.3) is 11.8 Å². The Morgan fingerprint density at radius 1 is 0.604 bits per heavy atom. The van der Waals surface area contributed by atoms with Crippen LogP contribution in [-0.2, 0) is 15.6 Å². The predicted octanol–water partition coefficient (Wildman–Crippen LogP) is 9.50. The van der Waals surface area contributed by atoms with Crippen molar-refractivity contribution in [1.29, 1.82) is 0 Å². The average molecular weight is 695 g/mol. The lowest BCUT2D eigenvalue weighted by Crippen LogP contribution is -2.58. The maximum absolute atomic E-state index is 14.7. The minimum Gasteiger partial charge on any atom is -0.305 e. The number of amides is 3. The molecule has 53 heavy (non-hydrogen) atoms. The lowest BCUT2D eigenvalue weighted by atomic mass is 9.61. The summed E-state index contributed by atoms with van der Waals surface area (Å²) in [5.74, 6) is -1.18. The van der Waals surface area contributed by atoms with Gasteiger partial charge in [-0.25, -0.2) is 0 Å². The fraction of sp³-hybridized carbons (Fsp3) is 0.188. The number of rotatable bonds is 7. The van der Waals surface area contributed by atoms with Gasteiger partial charge in [0.2, 0.25) is 5.91 Å². The molecule has 5 nitrogen and oxygen atoms in total. The molecule has 2 aliphatic heterocycles. The van der Waals surface area contributed by atoms with Gasteiger partial charge >= 0.3 is 0 Å². The van der Waals surface area contributed by atoms with Gasteiger partial charge in [0, 0.05) is 16.6 Å². The second-order valence-corrected chi connectivity index (χ2v) is 15.2. The van der Waals surface area contributed by atoms with Crippen molar-refractivity contribution < 1.29 is 14.4 Å². The zero-order valence-corrected chi connectivity index (χ0v) is 30.5. The quantitative estimate of drug-likeness (QED) is 0.124. The third kappa shape index (κ3) is 5.42. The lowest BCUT2D eigenvalue weighted by molar-refractivity contribution is -0.120. The van der Waals surface area contributed by atoms with E-state index in [9.17, 15) is 14.4 Å². The molecule has 0 aliphatic carbocycles. The first kappa shape index (κ1) is 34.0. The van der Waals surface area contributed by atoms with Crippen molar-refractivity contribution in [3.8, 4) is 0 Å². The lowest BCUT2D eigenvalue weighted by Gasteiger charge is -2.52. The SMILES string of the molecule is Cc1ccc(C2(C)CC(C)(C)N(C(=O)CN3C(=O)c4ccccc4C3=O)c3ccc(C(c4ccccc4)(c4ccccc4)c4ccccc4)cc32)cc1. The highest BCUT2D eigenvalue weighted by Gasteiger charge is 2.50. The minimum atomic E-state index is -0.686. The van der Waals surface area contributed by atoms with Crippen LogP contribution in [0.1, 0.15) is 86.9 Å². The summed E-state index contributed by atoms with van der Waals surface area (Å²) >= 11 is 0. The summed E-state index contributed by atoms with van der Waals surface area (Å²) in [6.07, 6.45) is 0.613. The van der Waals surface area contributed by atoms with Gasteiger partial charge in [-0.05, 0) is 78.8 Å². The molecule has 2 heterocycles. The van der Waals surface area contributed by atoms with E-state index < -0.39 is 28.2 Å². The summed E-state index contributed by atoms with van der Waals surface area (Å²) in [5, 5.41) is 0. The Morgan fingerprint density at radius 2 is 1.08 bits per heavy atom. The maximum atomic E-state index is 14.7. The molecular formula is C48H42N2O3. The van der Waals surface area contributed by atoms with Crippen molar-refractivity contribution in [2.75, 3.05) is 11.4 Å². The van der Waals surface area contributed by atoms with Gasteiger partial charge in [-0.3, -0.25) is 19.3 Å². The van der Waals surface area contributed by atoms with E-state index in [0.717, 1.165) is 44.0 Å². The molecule has 1 atom stereocenters. The van der Waals surface area contributed by atoms with Crippen molar-refractivity contribution in [2.24, 2.45) is 0 Å². The van der Waals surface area contributed by atoms with E-state index in [0.29, 0.717) is 17.5 Å². The van der Waals surface area contributed by atoms with E-state index in [-0.39, 0.29) is 12.5 Å². The first-order chi connectivity index (χ1) is 25.6. The van der Waals surface area contributed by atoms with E-state index in [1.165, 1.54) is 5.56 Å². The molecule has 0 radical (unpaired) electrons. The Bertz CT molecular complexity index is 2220. The van der Waals surface area contributed by atoms with Crippen LogP contribution in [0.25, 0.3) is 0 Å². The second kappa shape index (κ2) is 12.9. The highest BCUT2D eigenvalue weighted by atomic mass is 16.2. The highest BCUT2D eigenvalue weighted by Crippen LogP contribution is 2.53. The van der Waals surface area contributed by atoms with Gasteiger partial charge in [-0.1, -0.05) is 152 Å². The number of benzene rings is 6. The monoisotopic (exact) mass is 694 g/mol. The van der Waals surface area contributed by atoms with E-state index >= 15 is 0 Å². The Kier molecular flexibility index (Phi) is 8.26. The number of hydrogen-bond acceptors (Lipinski definition) is 3. The number of hydrogen-bond donors (Lipinski definition) is 0. The summed E-state index contributed by atoms with van der Waals surface area (Å²) in [6.45, 7) is 8.19. The number of fused-ring (bicyclic) bond motifs is 2. The average Bonchev–Trinajstić information content (AvgIpc) is 3.41. The van der Waals surface area contributed by atoms with Crippen LogP contribution in [0.3, 0.4) is 0 Å². The summed E-state index contributed by atoms with van der Waals surface area (Å²) in [4.78, 5) is 44.5. The molecule has 5 heteroatoms. The van der Waals surface area contributed by atoms with Gasteiger partial charge < -0.3 is 4.90 Å². The van der Waals surface area contributed by atoms with Crippen LogP contribution in [0.5, 0.6) is 0 Å². The van der Waals surface area contributed by atoms with Crippen LogP contribution in [0.4, 0.5) is 5.69 Å². The Balaban J connectivity index is 1.35. The molecule has 6 aromatic rings. The molecule has 2 aliphatic rings. The minimum absolute atomic E-state index is 0.301. The molecule has 6 aromatic carbocycles. The molecular weight excluding hydrogens is 653 g/mol. The van der Waals surface area contributed by atoms with Crippen LogP contribution in [-0.4, -0.2) is 34.7 Å². The van der Waals surface area contributed by atoms with Gasteiger partial charge in [0.15, 0.2) is 0 Å². The van der Waals surface area contributed by atoms with Gasteiger partial charge in [0.1, 0.15) is 6.54 Å². The van der Waals surface area contributed by atoms with E-state index in [1.54, 1.807) is 24.3 Å². The third-order valence-corrected chi connectivity index (χ3v) is 11.4. The predicted molar refractivity (Wildman–Crippen MR) is 210 cm³/mol. The summed E-state index contributed by atoms with van der Waals surface area (Å²) in [5.41, 5.74) is 7.40. The van der Waals surface area contributed by atoms with Gasteiger partial charge in [0.05, 0.1) is 16.5 Å². The number of carbonyl (C=O) groups is 3. The van der Waals surface area contributed by atoms with Crippen LogP contribution in [0.2, 0.25) is 0 Å². The van der Waals surface area contributed by atoms with E-state index in [1.807, 2.05) is 23.1 Å².